The molecule has 0 unspecified atom stereocenters. The van der Waals surface area contributed by atoms with Gasteiger partial charge >= 0.3 is 11.7 Å². The van der Waals surface area contributed by atoms with Crippen LogP contribution >= 0.6 is 0 Å². The van der Waals surface area contributed by atoms with Gasteiger partial charge in [-0.15, -0.1) is 0 Å². The van der Waals surface area contributed by atoms with Crippen LogP contribution in [0.4, 0.5) is 5.69 Å². The first kappa shape index (κ1) is 21.9. The van der Waals surface area contributed by atoms with Gasteiger partial charge in [-0.1, -0.05) is 12.1 Å². The number of aromatic nitrogens is 2. The number of ether oxygens (including phenoxy) is 2. The van der Waals surface area contributed by atoms with E-state index in [2.05, 4.69) is 5.10 Å². The van der Waals surface area contributed by atoms with E-state index in [1.165, 1.54) is 23.4 Å². The third-order valence-corrected chi connectivity index (χ3v) is 4.24. The highest BCUT2D eigenvalue weighted by Gasteiger charge is 2.23. The maximum atomic E-state index is 12.2. The molecule has 10 heteroatoms. The molecule has 0 aliphatic carbocycles. The van der Waals surface area contributed by atoms with Crippen molar-refractivity contribution < 1.29 is 24.0 Å². The Morgan fingerprint density at radius 2 is 1.90 bits per heavy atom. The summed E-state index contributed by atoms with van der Waals surface area (Å²) in [4.78, 5) is 36.1. The Morgan fingerprint density at radius 3 is 2.45 bits per heavy atom. The molecule has 1 aromatic heterocycles. The maximum Gasteiger partial charge on any atom is 0.328 e. The molecule has 10 nitrogen and oxygen atoms in total. The first-order valence-corrected chi connectivity index (χ1v) is 9.02. The Labute approximate surface area is 168 Å². The lowest BCUT2D eigenvalue weighted by molar-refractivity contribution is -0.386. The van der Waals surface area contributed by atoms with E-state index in [1.54, 1.807) is 7.05 Å². The number of carbonyl (C=O) groups excluding carboxylic acids is 2. The first-order chi connectivity index (χ1) is 13.7. The molecule has 2 rings (SSSR count). The molecule has 0 bridgehead atoms. The van der Waals surface area contributed by atoms with Gasteiger partial charge < -0.3 is 14.4 Å². The van der Waals surface area contributed by atoms with E-state index in [4.69, 9.17) is 9.47 Å². The predicted octanol–water partition coefficient (Wildman–Crippen LogP) is 2.01. The fourth-order valence-corrected chi connectivity index (χ4v) is 2.75. The van der Waals surface area contributed by atoms with Crippen LogP contribution in [-0.4, -0.2) is 51.7 Å². The highest BCUT2D eigenvalue weighted by atomic mass is 16.6. The van der Waals surface area contributed by atoms with E-state index < -0.39 is 17.5 Å². The van der Waals surface area contributed by atoms with E-state index in [-0.39, 0.29) is 29.5 Å². The molecule has 29 heavy (non-hydrogen) atoms. The summed E-state index contributed by atoms with van der Waals surface area (Å²) in [5.74, 6) is -0.316. The molecule has 0 atom stereocenters. The van der Waals surface area contributed by atoms with Crippen molar-refractivity contribution >= 4 is 17.6 Å². The molecular weight excluding hydrogens is 380 g/mol. The fraction of sp³-hybridized carbons (Fsp3) is 0.421. The highest BCUT2D eigenvalue weighted by Crippen LogP contribution is 2.21. The SMILES string of the molecule is CCOc1ccc(CN(C)C(=O)COC(=O)Cn2nc(C)c([N+](=O)[O-])c2C)cc1. The summed E-state index contributed by atoms with van der Waals surface area (Å²) in [5.41, 5.74) is 1.24. The molecule has 0 N–H and O–H groups in total. The van der Waals surface area contributed by atoms with E-state index in [9.17, 15) is 19.7 Å². The van der Waals surface area contributed by atoms with Crippen LogP contribution in [0.5, 0.6) is 5.75 Å². The molecule has 0 saturated heterocycles. The van der Waals surface area contributed by atoms with Crippen molar-refractivity contribution in [2.75, 3.05) is 20.3 Å². The van der Waals surface area contributed by atoms with Crippen LogP contribution < -0.4 is 4.74 Å². The number of esters is 1. The van der Waals surface area contributed by atoms with Gasteiger partial charge in [0.05, 0.1) is 11.5 Å². The molecule has 1 amide bonds. The Bertz CT molecular complexity index is 891. The maximum absolute atomic E-state index is 12.2. The molecule has 2 aromatic rings. The Morgan fingerprint density at radius 1 is 1.24 bits per heavy atom. The average molecular weight is 404 g/mol. The van der Waals surface area contributed by atoms with Gasteiger partial charge in [0, 0.05) is 13.6 Å². The second-order valence-corrected chi connectivity index (χ2v) is 6.42. The quantitative estimate of drug-likeness (QED) is 0.356. The molecule has 0 aliphatic heterocycles. The van der Waals surface area contributed by atoms with Crippen LogP contribution in [-0.2, 0) is 27.4 Å². The molecule has 0 saturated carbocycles. The van der Waals surface area contributed by atoms with Crippen LogP contribution in [0.1, 0.15) is 23.9 Å². The van der Waals surface area contributed by atoms with E-state index >= 15 is 0 Å². The molecule has 0 aliphatic rings. The summed E-state index contributed by atoms with van der Waals surface area (Å²) in [6.45, 7) is 5.09. The van der Waals surface area contributed by atoms with Crippen LogP contribution in [0, 0.1) is 24.0 Å². The Hall–Kier alpha value is -3.43. The van der Waals surface area contributed by atoms with Gasteiger partial charge in [0.15, 0.2) is 6.61 Å². The van der Waals surface area contributed by atoms with Gasteiger partial charge in [0.1, 0.15) is 23.7 Å². The second kappa shape index (κ2) is 9.67. The number of benzene rings is 1. The summed E-state index contributed by atoms with van der Waals surface area (Å²) >= 11 is 0. The van der Waals surface area contributed by atoms with Gasteiger partial charge in [-0.05, 0) is 38.5 Å². The first-order valence-electron chi connectivity index (χ1n) is 9.02. The summed E-state index contributed by atoms with van der Waals surface area (Å²) in [5, 5.41) is 15.0. The number of hydrogen-bond acceptors (Lipinski definition) is 7. The zero-order chi connectivity index (χ0) is 21.6. The van der Waals surface area contributed by atoms with Crippen molar-refractivity contribution in [1.29, 1.82) is 0 Å². The van der Waals surface area contributed by atoms with E-state index in [0.717, 1.165) is 11.3 Å². The number of carbonyl (C=O) groups is 2. The zero-order valence-corrected chi connectivity index (χ0v) is 16.9. The lowest BCUT2D eigenvalue weighted by Crippen LogP contribution is -2.31. The molecular formula is C19H24N4O6. The van der Waals surface area contributed by atoms with Crippen LogP contribution in [0.15, 0.2) is 24.3 Å². The van der Waals surface area contributed by atoms with E-state index in [1.807, 2.05) is 31.2 Å². The lowest BCUT2D eigenvalue weighted by Gasteiger charge is -2.17. The molecule has 0 fully saturated rings. The van der Waals surface area contributed by atoms with Crippen LogP contribution in [0.25, 0.3) is 0 Å². The molecule has 0 spiro atoms. The minimum absolute atomic E-state index is 0.135. The number of nitrogens with zero attached hydrogens (tertiary/aromatic N) is 4. The molecule has 1 aromatic carbocycles. The summed E-state index contributed by atoms with van der Waals surface area (Å²) < 4.78 is 11.6. The van der Waals surface area contributed by atoms with Gasteiger partial charge in [0.2, 0.25) is 0 Å². The normalized spacial score (nSPS) is 10.5. The fourth-order valence-electron chi connectivity index (χ4n) is 2.75. The summed E-state index contributed by atoms with van der Waals surface area (Å²) in [7, 11) is 1.61. The Balaban J connectivity index is 1.85. The number of likely N-dealkylation sites (N-methyl/N-ethyl adjacent to an activating group) is 1. The standard InChI is InChI=1S/C19H24N4O6/c1-5-28-16-8-6-15(7-9-16)10-21(4)17(24)12-29-18(25)11-22-14(3)19(23(26)27)13(2)20-22/h6-9H,5,10-12H2,1-4H3. The minimum Gasteiger partial charge on any atom is -0.494 e. The molecule has 0 radical (unpaired) electrons. The van der Waals surface area contributed by atoms with Crippen molar-refractivity contribution in [3.05, 3.63) is 51.3 Å². The van der Waals surface area contributed by atoms with Crippen molar-refractivity contribution in [2.45, 2.75) is 33.9 Å². The smallest absolute Gasteiger partial charge is 0.328 e. The molecule has 156 valence electrons. The predicted molar refractivity (Wildman–Crippen MR) is 103 cm³/mol. The largest absolute Gasteiger partial charge is 0.494 e. The Kier molecular flexibility index (Phi) is 7.29. The second-order valence-electron chi connectivity index (χ2n) is 6.42. The number of amides is 1. The summed E-state index contributed by atoms with van der Waals surface area (Å²) in [6.07, 6.45) is 0. The van der Waals surface area contributed by atoms with Gasteiger partial charge in [-0.3, -0.25) is 24.4 Å². The van der Waals surface area contributed by atoms with Crippen LogP contribution in [0.2, 0.25) is 0 Å². The summed E-state index contributed by atoms with van der Waals surface area (Å²) in [6, 6.07) is 7.36. The van der Waals surface area contributed by atoms with Gasteiger partial charge in [0.25, 0.3) is 5.91 Å². The third-order valence-electron chi connectivity index (χ3n) is 4.24. The van der Waals surface area contributed by atoms with Crippen molar-refractivity contribution in [3.63, 3.8) is 0 Å². The monoisotopic (exact) mass is 404 g/mol. The van der Waals surface area contributed by atoms with Crippen LogP contribution in [0.3, 0.4) is 0 Å². The van der Waals surface area contributed by atoms with Crippen molar-refractivity contribution in [1.82, 2.24) is 14.7 Å². The van der Waals surface area contributed by atoms with Gasteiger partial charge in [-0.25, -0.2) is 0 Å². The third kappa shape index (κ3) is 5.77. The van der Waals surface area contributed by atoms with Crippen molar-refractivity contribution in [2.24, 2.45) is 0 Å². The highest BCUT2D eigenvalue weighted by molar-refractivity contribution is 5.80. The molecule has 1 heterocycles. The number of hydrogen-bond donors (Lipinski definition) is 0. The lowest BCUT2D eigenvalue weighted by atomic mass is 10.2. The average Bonchev–Trinajstić information content (AvgIpc) is 2.94. The topological polar surface area (TPSA) is 117 Å². The van der Waals surface area contributed by atoms with Gasteiger partial charge in [-0.2, -0.15) is 5.10 Å². The number of rotatable bonds is 9. The minimum atomic E-state index is -0.701. The zero-order valence-electron chi connectivity index (χ0n) is 16.9. The number of aryl methyl sites for hydroxylation is 1. The van der Waals surface area contributed by atoms with E-state index in [0.29, 0.717) is 13.2 Å². The number of nitro groups is 1. The van der Waals surface area contributed by atoms with Crippen molar-refractivity contribution in [3.8, 4) is 5.75 Å².